The van der Waals surface area contributed by atoms with Crippen LogP contribution in [0.1, 0.15) is 79.1 Å². The van der Waals surface area contributed by atoms with Crippen LogP contribution < -0.4 is 10.2 Å². The monoisotopic (exact) mass is 460 g/mol. The molecule has 0 saturated heterocycles. The standard InChI is InChI=1S/2C8H17.C4H4O4.Sn/c2*1-4-5-6-7-8(2)3;5-3(6)1-2-4(7)8;/h2*8H,1,4-7H2,2-3H3;1-2H,(H,5,6)(H,7,8);/q;;;+2/p-2/b;;2-1-;. The molecule has 144 valence electrons. The molecule has 0 aromatic carbocycles. The smallest absolute Gasteiger partial charge is 0.0643 e. The molecule has 0 rings (SSSR count). The summed E-state index contributed by atoms with van der Waals surface area (Å²) < 4.78 is 3.29. The van der Waals surface area contributed by atoms with E-state index >= 15 is 0 Å². The first-order valence-corrected chi connectivity index (χ1v) is 13.6. The van der Waals surface area contributed by atoms with Crippen LogP contribution in [0.4, 0.5) is 0 Å². The second kappa shape index (κ2) is 19.8. The van der Waals surface area contributed by atoms with Gasteiger partial charge in [-0.1, -0.05) is 0 Å². The van der Waals surface area contributed by atoms with E-state index in [1.54, 1.807) is 21.7 Å². The van der Waals surface area contributed by atoms with E-state index in [0.29, 0.717) is 12.2 Å². The normalized spacial score (nSPS) is 10.6. The molecule has 0 unspecified atom stereocenters. The van der Waals surface area contributed by atoms with E-state index in [0.717, 1.165) is 11.8 Å². The number of unbranched alkanes of at least 4 members (excludes halogenated alkanes) is 4. The van der Waals surface area contributed by atoms with Gasteiger partial charge in [0.05, 0.1) is 11.9 Å². The number of hydrogen-bond donors (Lipinski definition) is 0. The SMILES string of the molecule is CC(C)CCCC[CH2][Sn+2][CH2]CCCCC(C)C.O=C([O-])/C=C\C(=O)[O-]. The molecule has 0 saturated carbocycles. The maximum absolute atomic E-state index is 9.41. The molecule has 0 radical (unpaired) electrons. The molecule has 4 nitrogen and oxygen atoms in total. The third-order valence-corrected chi connectivity index (χ3v) is 7.66. The van der Waals surface area contributed by atoms with Crippen LogP contribution in [0.5, 0.6) is 0 Å². The summed E-state index contributed by atoms with van der Waals surface area (Å²) in [5.41, 5.74) is 0. The number of carboxylic acids is 2. The summed E-state index contributed by atoms with van der Waals surface area (Å²) >= 11 is 0.0570. The average molecular weight is 459 g/mol. The first-order valence-electron chi connectivity index (χ1n) is 9.56. The van der Waals surface area contributed by atoms with Gasteiger partial charge in [0.15, 0.2) is 0 Å². The van der Waals surface area contributed by atoms with Gasteiger partial charge >= 0.3 is 121 Å². The number of rotatable bonds is 14. The van der Waals surface area contributed by atoms with Crippen LogP contribution in [0.15, 0.2) is 12.2 Å². The first kappa shape index (κ1) is 26.7. The third kappa shape index (κ3) is 31.7. The van der Waals surface area contributed by atoms with Crippen molar-refractivity contribution in [2.75, 3.05) is 0 Å². The molecule has 0 aliphatic carbocycles. The van der Waals surface area contributed by atoms with E-state index in [1.165, 1.54) is 38.5 Å². The first-order chi connectivity index (χ1) is 11.8. The van der Waals surface area contributed by atoms with Crippen molar-refractivity contribution >= 4 is 33.1 Å². The Kier molecular flexibility index (Phi) is 21.1. The molecular weight excluding hydrogens is 423 g/mol. The summed E-state index contributed by atoms with van der Waals surface area (Å²) in [6.07, 6.45) is 12.7. The summed E-state index contributed by atoms with van der Waals surface area (Å²) in [7, 11) is 0. The summed E-state index contributed by atoms with van der Waals surface area (Å²) in [5, 5.41) is 18.8. The Bertz CT molecular complexity index is 320. The van der Waals surface area contributed by atoms with Crippen molar-refractivity contribution in [2.24, 2.45) is 11.8 Å². The molecule has 0 N–H and O–H groups in total. The molecule has 0 fully saturated rings. The van der Waals surface area contributed by atoms with Crippen molar-refractivity contribution in [3.8, 4) is 0 Å². The van der Waals surface area contributed by atoms with Crippen molar-refractivity contribution in [1.29, 1.82) is 0 Å². The van der Waals surface area contributed by atoms with Crippen molar-refractivity contribution in [1.82, 2.24) is 0 Å². The molecule has 0 aromatic heterocycles. The Hall–Kier alpha value is -0.521. The molecule has 5 heteroatoms. The predicted molar refractivity (Wildman–Crippen MR) is 101 cm³/mol. The number of hydrogen-bond acceptors (Lipinski definition) is 4. The number of aliphatic carboxylic acids is 2. The second-order valence-electron chi connectivity index (χ2n) is 7.21. The number of carbonyl (C=O) groups excluding carboxylic acids is 2. The van der Waals surface area contributed by atoms with Crippen LogP contribution in [-0.2, 0) is 9.59 Å². The molecule has 0 spiro atoms. The minimum Gasteiger partial charge on any atom is -0.545 e. The average Bonchev–Trinajstić information content (AvgIpc) is 2.50. The van der Waals surface area contributed by atoms with Crippen LogP contribution in [0, 0.1) is 11.8 Å². The van der Waals surface area contributed by atoms with Crippen LogP contribution in [0.3, 0.4) is 0 Å². The second-order valence-corrected chi connectivity index (χ2v) is 11.5. The Morgan fingerprint density at radius 2 is 1.08 bits per heavy atom. The van der Waals surface area contributed by atoms with Gasteiger partial charge < -0.3 is 19.8 Å². The minimum absolute atomic E-state index is 0.0570. The Morgan fingerprint density at radius 1 is 0.720 bits per heavy atom. The fraction of sp³-hybridized carbons (Fsp3) is 0.800. The van der Waals surface area contributed by atoms with Gasteiger partial charge in [0, 0.05) is 0 Å². The van der Waals surface area contributed by atoms with Crippen LogP contribution in [-0.4, -0.2) is 33.1 Å². The van der Waals surface area contributed by atoms with Gasteiger partial charge in [-0.25, -0.2) is 0 Å². The fourth-order valence-corrected chi connectivity index (χ4v) is 5.79. The van der Waals surface area contributed by atoms with Gasteiger partial charge in [0.2, 0.25) is 0 Å². The summed E-state index contributed by atoms with van der Waals surface area (Å²) in [6, 6.07) is 0. The zero-order valence-electron chi connectivity index (χ0n) is 16.5. The molecule has 0 heterocycles. The number of carbonyl (C=O) groups is 2. The van der Waals surface area contributed by atoms with Crippen LogP contribution >= 0.6 is 0 Å². The van der Waals surface area contributed by atoms with E-state index in [1.807, 2.05) is 0 Å². The maximum atomic E-state index is 9.41. The van der Waals surface area contributed by atoms with Gasteiger partial charge in [-0.3, -0.25) is 0 Å². The zero-order valence-corrected chi connectivity index (χ0v) is 19.4. The molecule has 0 atom stereocenters. The van der Waals surface area contributed by atoms with Crippen molar-refractivity contribution in [2.45, 2.75) is 87.9 Å². The quantitative estimate of drug-likeness (QED) is 0.227. The molecule has 0 aliphatic heterocycles. The van der Waals surface area contributed by atoms with E-state index in [4.69, 9.17) is 0 Å². The Balaban J connectivity index is 0. The van der Waals surface area contributed by atoms with Gasteiger partial charge in [-0.05, 0) is 12.2 Å². The van der Waals surface area contributed by atoms with Gasteiger partial charge in [0.25, 0.3) is 0 Å². The minimum atomic E-state index is -1.55. The van der Waals surface area contributed by atoms with Gasteiger partial charge in [-0.15, -0.1) is 0 Å². The molecule has 0 aliphatic rings. The summed E-state index contributed by atoms with van der Waals surface area (Å²) in [4.78, 5) is 18.8. The van der Waals surface area contributed by atoms with E-state index in [2.05, 4.69) is 27.7 Å². The molecule has 25 heavy (non-hydrogen) atoms. The van der Waals surface area contributed by atoms with Crippen molar-refractivity contribution < 1.29 is 19.8 Å². The van der Waals surface area contributed by atoms with E-state index in [9.17, 15) is 19.8 Å². The van der Waals surface area contributed by atoms with Crippen LogP contribution in [0.2, 0.25) is 8.87 Å². The fourth-order valence-electron chi connectivity index (χ4n) is 2.22. The van der Waals surface area contributed by atoms with E-state index < -0.39 is 11.9 Å². The zero-order chi connectivity index (χ0) is 19.5. The summed E-state index contributed by atoms with van der Waals surface area (Å²) in [5.74, 6) is -1.27. The predicted octanol–water partition coefficient (Wildman–Crippen LogP) is 3.00. The molecule has 0 aromatic rings. The van der Waals surface area contributed by atoms with Crippen molar-refractivity contribution in [3.63, 3.8) is 0 Å². The van der Waals surface area contributed by atoms with Crippen LogP contribution in [0.25, 0.3) is 0 Å². The van der Waals surface area contributed by atoms with Gasteiger partial charge in [0.1, 0.15) is 0 Å². The largest absolute Gasteiger partial charge is 0.545 e. The van der Waals surface area contributed by atoms with E-state index in [-0.39, 0.29) is 21.1 Å². The molecule has 0 bridgehead atoms. The Morgan fingerprint density at radius 3 is 1.36 bits per heavy atom. The molecular formula is C20H36O4Sn. The topological polar surface area (TPSA) is 80.3 Å². The number of carboxylic acid groups (broad SMARTS) is 2. The van der Waals surface area contributed by atoms with Gasteiger partial charge in [-0.2, -0.15) is 0 Å². The Labute approximate surface area is 164 Å². The summed E-state index contributed by atoms with van der Waals surface area (Å²) in [6.45, 7) is 9.36. The van der Waals surface area contributed by atoms with Crippen molar-refractivity contribution in [3.05, 3.63) is 12.2 Å². The molecule has 0 amide bonds. The third-order valence-electron chi connectivity index (χ3n) is 3.63. The maximum Gasteiger partial charge on any atom is 0.0643 e.